The van der Waals surface area contributed by atoms with Crippen molar-refractivity contribution < 1.29 is 9.90 Å². The molecule has 1 amide bonds. The number of carbonyl (C=O) groups excluding carboxylic acids is 1. The van der Waals surface area contributed by atoms with Crippen LogP contribution in [0.2, 0.25) is 0 Å². The lowest BCUT2D eigenvalue weighted by atomic mass is 10.1. The first-order chi connectivity index (χ1) is 8.31. The molecule has 0 saturated heterocycles. The van der Waals surface area contributed by atoms with Crippen molar-refractivity contribution >= 4 is 17.2 Å². The first kappa shape index (κ1) is 11.8. The van der Waals surface area contributed by atoms with Crippen molar-refractivity contribution in [2.24, 2.45) is 0 Å². The molecule has 88 valence electrons. The van der Waals surface area contributed by atoms with E-state index in [9.17, 15) is 9.90 Å². The second-order valence-corrected chi connectivity index (χ2v) is 4.41. The lowest BCUT2D eigenvalue weighted by Gasteiger charge is -2.16. The van der Waals surface area contributed by atoms with Crippen LogP contribution in [-0.2, 0) is 0 Å². The van der Waals surface area contributed by atoms with Crippen molar-refractivity contribution in [3.05, 3.63) is 58.3 Å². The van der Waals surface area contributed by atoms with Crippen LogP contribution in [0.1, 0.15) is 22.0 Å². The van der Waals surface area contributed by atoms with Crippen molar-refractivity contribution in [1.82, 2.24) is 5.32 Å². The Kier molecular flexibility index (Phi) is 3.90. The molecular weight excluding hydrogens is 234 g/mol. The van der Waals surface area contributed by atoms with E-state index >= 15 is 0 Å². The van der Waals surface area contributed by atoms with Gasteiger partial charge in [0.15, 0.2) is 0 Å². The van der Waals surface area contributed by atoms with Gasteiger partial charge in [0.2, 0.25) is 0 Å². The molecule has 2 N–H and O–H groups in total. The van der Waals surface area contributed by atoms with E-state index in [1.165, 1.54) is 11.3 Å². The minimum atomic E-state index is -0.358. The van der Waals surface area contributed by atoms with E-state index in [4.69, 9.17) is 0 Å². The van der Waals surface area contributed by atoms with Gasteiger partial charge in [-0.1, -0.05) is 30.3 Å². The number of rotatable bonds is 4. The molecule has 0 unspecified atom stereocenters. The molecule has 2 rings (SSSR count). The summed E-state index contributed by atoms with van der Waals surface area (Å²) in [6, 6.07) is 10.8. The molecule has 0 spiro atoms. The van der Waals surface area contributed by atoms with E-state index in [0.29, 0.717) is 5.56 Å². The maximum atomic E-state index is 11.8. The second kappa shape index (κ2) is 5.61. The van der Waals surface area contributed by atoms with Gasteiger partial charge in [0.05, 0.1) is 18.2 Å². The van der Waals surface area contributed by atoms with Gasteiger partial charge in [-0.25, -0.2) is 0 Å². The first-order valence-corrected chi connectivity index (χ1v) is 6.24. The van der Waals surface area contributed by atoms with Gasteiger partial charge in [0.1, 0.15) is 0 Å². The maximum absolute atomic E-state index is 11.8. The summed E-state index contributed by atoms with van der Waals surface area (Å²) in [6.07, 6.45) is 0. The molecule has 17 heavy (non-hydrogen) atoms. The number of amides is 1. The highest BCUT2D eigenvalue weighted by Gasteiger charge is 2.14. The van der Waals surface area contributed by atoms with Crippen LogP contribution in [0, 0.1) is 0 Å². The van der Waals surface area contributed by atoms with E-state index in [2.05, 4.69) is 5.32 Å². The molecule has 0 bridgehead atoms. The highest BCUT2D eigenvalue weighted by molar-refractivity contribution is 7.08. The van der Waals surface area contributed by atoms with Crippen molar-refractivity contribution in [2.75, 3.05) is 6.61 Å². The summed E-state index contributed by atoms with van der Waals surface area (Å²) in [5, 5.41) is 15.8. The smallest absolute Gasteiger partial charge is 0.252 e. The molecule has 2 aromatic rings. The predicted molar refractivity (Wildman–Crippen MR) is 68.1 cm³/mol. The monoisotopic (exact) mass is 247 g/mol. The predicted octanol–water partition coefficient (Wildman–Crippen LogP) is 2.21. The normalized spacial score (nSPS) is 12.1. The Hall–Kier alpha value is -1.65. The van der Waals surface area contributed by atoms with Gasteiger partial charge in [-0.3, -0.25) is 4.79 Å². The van der Waals surface area contributed by atoms with Crippen LogP contribution in [0.15, 0.2) is 47.2 Å². The average Bonchev–Trinajstić information content (AvgIpc) is 2.90. The van der Waals surface area contributed by atoms with Crippen LogP contribution < -0.4 is 5.32 Å². The van der Waals surface area contributed by atoms with Crippen molar-refractivity contribution in [3.8, 4) is 0 Å². The van der Waals surface area contributed by atoms with Gasteiger partial charge < -0.3 is 10.4 Å². The molecule has 0 aliphatic rings. The molecule has 0 radical (unpaired) electrons. The fourth-order valence-corrected chi connectivity index (χ4v) is 2.19. The second-order valence-electron chi connectivity index (χ2n) is 3.63. The van der Waals surface area contributed by atoms with Gasteiger partial charge >= 0.3 is 0 Å². The molecular formula is C13H13NO2S. The third-order valence-electron chi connectivity index (χ3n) is 2.47. The molecule has 1 heterocycles. The summed E-state index contributed by atoms with van der Waals surface area (Å²) >= 11 is 1.48. The van der Waals surface area contributed by atoms with Gasteiger partial charge in [-0.05, 0) is 17.0 Å². The topological polar surface area (TPSA) is 49.3 Å². The molecule has 4 heteroatoms. The Bertz CT molecular complexity index is 467. The number of aliphatic hydroxyl groups is 1. The molecule has 1 atom stereocenters. The Morgan fingerprint density at radius 2 is 2.06 bits per heavy atom. The largest absolute Gasteiger partial charge is 0.394 e. The molecule has 0 fully saturated rings. The molecule has 3 nitrogen and oxygen atoms in total. The summed E-state index contributed by atoms with van der Waals surface area (Å²) in [4.78, 5) is 11.8. The van der Waals surface area contributed by atoms with Crippen molar-refractivity contribution in [2.45, 2.75) is 6.04 Å². The summed E-state index contributed by atoms with van der Waals surface area (Å²) in [5.41, 5.74) is 1.53. The third-order valence-corrected chi connectivity index (χ3v) is 3.16. The number of aliphatic hydroxyl groups excluding tert-OH is 1. The number of thiophene rings is 1. The zero-order valence-electron chi connectivity index (χ0n) is 9.17. The quantitative estimate of drug-likeness (QED) is 0.870. The van der Waals surface area contributed by atoms with Crippen LogP contribution in [-0.4, -0.2) is 17.6 Å². The summed E-state index contributed by atoms with van der Waals surface area (Å²) in [5.74, 6) is -0.158. The lowest BCUT2D eigenvalue weighted by molar-refractivity contribution is 0.0916. The summed E-state index contributed by atoms with van der Waals surface area (Å²) in [6.45, 7) is -0.111. The first-order valence-electron chi connectivity index (χ1n) is 5.30. The zero-order chi connectivity index (χ0) is 12.1. The van der Waals surface area contributed by atoms with Crippen LogP contribution in [0.4, 0.5) is 0 Å². The number of hydrogen-bond donors (Lipinski definition) is 2. The average molecular weight is 247 g/mol. The standard InChI is InChI=1S/C13H13NO2S/c15-8-12(10-4-2-1-3-5-10)14-13(16)11-6-7-17-9-11/h1-7,9,12,15H,8H2,(H,14,16)/t12-/m1/s1. The van der Waals surface area contributed by atoms with Gasteiger partial charge in [0, 0.05) is 5.38 Å². The number of carbonyl (C=O) groups is 1. The van der Waals surface area contributed by atoms with Crippen LogP contribution >= 0.6 is 11.3 Å². The van der Waals surface area contributed by atoms with Crippen LogP contribution in [0.25, 0.3) is 0 Å². The van der Waals surface area contributed by atoms with E-state index in [0.717, 1.165) is 5.56 Å². The highest BCUT2D eigenvalue weighted by Crippen LogP contribution is 2.13. The van der Waals surface area contributed by atoms with Gasteiger partial charge in [0.25, 0.3) is 5.91 Å². The van der Waals surface area contributed by atoms with Crippen LogP contribution in [0.3, 0.4) is 0 Å². The SMILES string of the molecule is O=C(N[C@H](CO)c1ccccc1)c1ccsc1. The number of hydrogen-bond acceptors (Lipinski definition) is 3. The molecule has 1 aromatic carbocycles. The lowest BCUT2D eigenvalue weighted by Crippen LogP contribution is -2.30. The molecule has 0 saturated carbocycles. The summed E-state index contributed by atoms with van der Waals surface area (Å²) in [7, 11) is 0. The third kappa shape index (κ3) is 2.93. The van der Waals surface area contributed by atoms with Crippen molar-refractivity contribution in [3.63, 3.8) is 0 Å². The molecule has 0 aliphatic carbocycles. The van der Waals surface area contributed by atoms with Crippen molar-refractivity contribution in [1.29, 1.82) is 0 Å². The number of nitrogens with one attached hydrogen (secondary N) is 1. The van der Waals surface area contributed by atoms with Gasteiger partial charge in [-0.15, -0.1) is 0 Å². The molecule has 1 aromatic heterocycles. The Labute approximate surface area is 104 Å². The Morgan fingerprint density at radius 3 is 2.65 bits per heavy atom. The van der Waals surface area contributed by atoms with E-state index in [1.54, 1.807) is 11.4 Å². The number of benzene rings is 1. The van der Waals surface area contributed by atoms with Crippen LogP contribution in [0.5, 0.6) is 0 Å². The minimum Gasteiger partial charge on any atom is -0.394 e. The van der Waals surface area contributed by atoms with Gasteiger partial charge in [-0.2, -0.15) is 11.3 Å². The fourth-order valence-electron chi connectivity index (χ4n) is 1.55. The minimum absolute atomic E-state index is 0.111. The molecule has 0 aliphatic heterocycles. The van der Waals surface area contributed by atoms with E-state index < -0.39 is 0 Å². The highest BCUT2D eigenvalue weighted by atomic mass is 32.1. The maximum Gasteiger partial charge on any atom is 0.252 e. The Morgan fingerprint density at radius 1 is 1.29 bits per heavy atom. The van der Waals surface area contributed by atoms with E-state index in [1.807, 2.05) is 35.7 Å². The Balaban J connectivity index is 2.09. The fraction of sp³-hybridized carbons (Fsp3) is 0.154. The summed E-state index contributed by atoms with van der Waals surface area (Å²) < 4.78 is 0. The van der Waals surface area contributed by atoms with E-state index in [-0.39, 0.29) is 18.6 Å². The zero-order valence-corrected chi connectivity index (χ0v) is 9.98.